The molecule has 0 saturated carbocycles. The highest BCUT2D eigenvalue weighted by molar-refractivity contribution is 5.67. The van der Waals surface area contributed by atoms with Gasteiger partial charge in [-0.2, -0.15) is 0 Å². The van der Waals surface area contributed by atoms with E-state index in [-0.39, 0.29) is 19.3 Å². The quantitative estimate of drug-likeness (QED) is 0.746. The van der Waals surface area contributed by atoms with E-state index in [1.165, 1.54) is 0 Å². The van der Waals surface area contributed by atoms with E-state index in [1.807, 2.05) is 31.2 Å². The molecule has 1 rings (SSSR count). The van der Waals surface area contributed by atoms with Crippen molar-refractivity contribution >= 4 is 5.97 Å². The van der Waals surface area contributed by atoms with Gasteiger partial charge in [0.2, 0.25) is 0 Å². The van der Waals surface area contributed by atoms with Crippen molar-refractivity contribution in [1.29, 1.82) is 0 Å². The van der Waals surface area contributed by atoms with Gasteiger partial charge >= 0.3 is 5.97 Å². The zero-order valence-electron chi connectivity index (χ0n) is 9.76. The normalized spacial score (nSPS) is 12.1. The fraction of sp³-hybridized carbons (Fsp3) is 0.417. The van der Waals surface area contributed by atoms with Crippen molar-refractivity contribution in [3.8, 4) is 5.75 Å². The summed E-state index contributed by atoms with van der Waals surface area (Å²) in [4.78, 5) is 10.3. The number of carboxylic acid groups (broad SMARTS) is 1. The summed E-state index contributed by atoms with van der Waals surface area (Å²) >= 11 is 0. The number of carboxylic acids is 1. The minimum absolute atomic E-state index is 0.181. The molecule has 0 fully saturated rings. The molecule has 5 nitrogen and oxygen atoms in total. The number of nitrogens with two attached hydrogens (primary N) is 1. The lowest BCUT2D eigenvalue weighted by Gasteiger charge is -2.12. The van der Waals surface area contributed by atoms with Crippen molar-refractivity contribution in [3.63, 3.8) is 0 Å². The van der Waals surface area contributed by atoms with Crippen LogP contribution in [0.3, 0.4) is 0 Å². The SMILES string of the molecule is CCOc1ccc(C(N)COCC(=O)O)cc1. The number of carbonyl (C=O) groups is 1. The maximum atomic E-state index is 10.3. The third-order valence-corrected chi connectivity index (χ3v) is 2.14. The second-order valence-electron chi connectivity index (χ2n) is 3.52. The van der Waals surface area contributed by atoms with E-state index in [9.17, 15) is 4.79 Å². The van der Waals surface area contributed by atoms with Gasteiger partial charge in [-0.3, -0.25) is 0 Å². The molecule has 0 heterocycles. The largest absolute Gasteiger partial charge is 0.494 e. The van der Waals surface area contributed by atoms with Crippen molar-refractivity contribution in [3.05, 3.63) is 29.8 Å². The van der Waals surface area contributed by atoms with Crippen LogP contribution in [0.5, 0.6) is 5.75 Å². The number of hydrogen-bond donors (Lipinski definition) is 2. The Kier molecular flexibility index (Phi) is 5.45. The number of ether oxygens (including phenoxy) is 2. The predicted molar refractivity (Wildman–Crippen MR) is 63.0 cm³/mol. The third kappa shape index (κ3) is 4.84. The Morgan fingerprint density at radius 2 is 2.06 bits per heavy atom. The molecule has 0 bridgehead atoms. The summed E-state index contributed by atoms with van der Waals surface area (Å²) in [6, 6.07) is 7.02. The average Bonchev–Trinajstić information content (AvgIpc) is 2.30. The number of benzene rings is 1. The summed E-state index contributed by atoms with van der Waals surface area (Å²) in [6.45, 7) is 2.39. The van der Waals surface area contributed by atoms with E-state index in [2.05, 4.69) is 0 Å². The molecule has 1 aromatic rings. The zero-order chi connectivity index (χ0) is 12.7. The lowest BCUT2D eigenvalue weighted by atomic mass is 10.1. The Bertz CT molecular complexity index is 350. The van der Waals surface area contributed by atoms with E-state index in [0.717, 1.165) is 11.3 Å². The van der Waals surface area contributed by atoms with Crippen molar-refractivity contribution in [2.24, 2.45) is 5.73 Å². The smallest absolute Gasteiger partial charge is 0.329 e. The van der Waals surface area contributed by atoms with Crippen LogP contribution in [0.4, 0.5) is 0 Å². The van der Waals surface area contributed by atoms with E-state index in [4.69, 9.17) is 20.3 Å². The number of rotatable bonds is 7. The first-order chi connectivity index (χ1) is 8.13. The van der Waals surface area contributed by atoms with Crippen LogP contribution in [-0.4, -0.2) is 30.9 Å². The first-order valence-electron chi connectivity index (χ1n) is 5.41. The predicted octanol–water partition coefficient (Wildman–Crippen LogP) is 1.19. The summed E-state index contributed by atoms with van der Waals surface area (Å²) in [7, 11) is 0. The lowest BCUT2D eigenvalue weighted by molar-refractivity contribution is -0.142. The second kappa shape index (κ2) is 6.88. The van der Waals surface area contributed by atoms with Gasteiger partial charge < -0.3 is 20.3 Å². The summed E-state index contributed by atoms with van der Waals surface area (Å²) in [5.74, 6) is -0.209. The van der Waals surface area contributed by atoms with Gasteiger partial charge in [-0.25, -0.2) is 4.79 Å². The van der Waals surface area contributed by atoms with Gasteiger partial charge in [0.25, 0.3) is 0 Å². The molecule has 0 saturated heterocycles. The average molecular weight is 239 g/mol. The maximum absolute atomic E-state index is 10.3. The molecule has 0 aliphatic heterocycles. The Morgan fingerprint density at radius 3 is 2.59 bits per heavy atom. The Hall–Kier alpha value is -1.59. The van der Waals surface area contributed by atoms with Gasteiger partial charge in [-0.05, 0) is 24.6 Å². The van der Waals surface area contributed by atoms with Crippen LogP contribution < -0.4 is 10.5 Å². The first-order valence-corrected chi connectivity index (χ1v) is 5.41. The fourth-order valence-electron chi connectivity index (χ4n) is 1.35. The van der Waals surface area contributed by atoms with Crippen molar-refractivity contribution in [1.82, 2.24) is 0 Å². The van der Waals surface area contributed by atoms with Gasteiger partial charge in [0, 0.05) is 0 Å². The van der Waals surface area contributed by atoms with E-state index in [1.54, 1.807) is 0 Å². The van der Waals surface area contributed by atoms with Crippen molar-refractivity contribution in [2.75, 3.05) is 19.8 Å². The van der Waals surface area contributed by atoms with E-state index < -0.39 is 5.97 Å². The minimum atomic E-state index is -0.996. The molecule has 0 aromatic heterocycles. The highest BCUT2D eigenvalue weighted by Gasteiger charge is 2.07. The van der Waals surface area contributed by atoms with Crippen LogP contribution in [0.25, 0.3) is 0 Å². The molecule has 94 valence electrons. The second-order valence-corrected chi connectivity index (χ2v) is 3.52. The molecule has 5 heteroatoms. The molecular formula is C12H17NO4. The van der Waals surface area contributed by atoms with Crippen LogP contribution in [0.15, 0.2) is 24.3 Å². The monoisotopic (exact) mass is 239 g/mol. The molecule has 17 heavy (non-hydrogen) atoms. The maximum Gasteiger partial charge on any atom is 0.329 e. The molecule has 0 aliphatic rings. The molecule has 1 atom stereocenters. The molecule has 0 aliphatic carbocycles. The number of hydrogen-bond acceptors (Lipinski definition) is 4. The standard InChI is InChI=1S/C12H17NO4/c1-2-17-10-5-3-9(4-6-10)11(13)7-16-8-12(14)15/h3-6,11H,2,7-8,13H2,1H3,(H,14,15). The highest BCUT2D eigenvalue weighted by Crippen LogP contribution is 2.16. The molecule has 1 aromatic carbocycles. The van der Waals surface area contributed by atoms with Crippen LogP contribution in [0, 0.1) is 0 Å². The fourth-order valence-corrected chi connectivity index (χ4v) is 1.35. The lowest BCUT2D eigenvalue weighted by Crippen LogP contribution is -2.19. The van der Waals surface area contributed by atoms with Crippen LogP contribution in [-0.2, 0) is 9.53 Å². The van der Waals surface area contributed by atoms with Crippen LogP contribution >= 0.6 is 0 Å². The summed E-state index contributed by atoms with van der Waals surface area (Å²) in [5.41, 5.74) is 6.73. The van der Waals surface area contributed by atoms with Crippen LogP contribution in [0.2, 0.25) is 0 Å². The minimum Gasteiger partial charge on any atom is -0.494 e. The van der Waals surface area contributed by atoms with Crippen molar-refractivity contribution < 1.29 is 19.4 Å². The van der Waals surface area contributed by atoms with Crippen LogP contribution in [0.1, 0.15) is 18.5 Å². The molecular weight excluding hydrogens is 222 g/mol. The molecule has 1 unspecified atom stereocenters. The van der Waals surface area contributed by atoms with E-state index >= 15 is 0 Å². The Labute approximate surface area is 100 Å². The van der Waals surface area contributed by atoms with Gasteiger partial charge in [-0.1, -0.05) is 12.1 Å². The molecule has 0 spiro atoms. The first kappa shape index (κ1) is 13.5. The summed E-state index contributed by atoms with van der Waals surface area (Å²) in [5, 5.41) is 8.41. The van der Waals surface area contributed by atoms with Gasteiger partial charge in [-0.15, -0.1) is 0 Å². The Morgan fingerprint density at radius 1 is 1.41 bits per heavy atom. The topological polar surface area (TPSA) is 81.8 Å². The van der Waals surface area contributed by atoms with Gasteiger partial charge in [0.05, 0.1) is 19.3 Å². The summed E-state index contributed by atoms with van der Waals surface area (Å²) < 4.78 is 10.2. The summed E-state index contributed by atoms with van der Waals surface area (Å²) in [6.07, 6.45) is 0. The van der Waals surface area contributed by atoms with Crippen molar-refractivity contribution in [2.45, 2.75) is 13.0 Å². The van der Waals surface area contributed by atoms with Gasteiger partial charge in [0.15, 0.2) is 0 Å². The third-order valence-electron chi connectivity index (χ3n) is 2.14. The Balaban J connectivity index is 2.45. The molecule has 3 N–H and O–H groups in total. The molecule has 0 amide bonds. The molecule has 0 radical (unpaired) electrons. The zero-order valence-corrected chi connectivity index (χ0v) is 9.76. The number of aliphatic carboxylic acids is 1. The highest BCUT2D eigenvalue weighted by atomic mass is 16.5. The van der Waals surface area contributed by atoms with E-state index in [0.29, 0.717) is 6.61 Å². The van der Waals surface area contributed by atoms with Gasteiger partial charge in [0.1, 0.15) is 12.4 Å².